The molecular weight excluding hydrogens is 533 g/mol. The molecule has 1 aliphatic rings. The van der Waals surface area contributed by atoms with Gasteiger partial charge < -0.3 is 19.1 Å². The van der Waals surface area contributed by atoms with Crippen molar-refractivity contribution in [3.63, 3.8) is 0 Å². The molecule has 218 valence electrons. The number of ether oxygens (including phenoxy) is 3. The predicted molar refractivity (Wildman–Crippen MR) is 159 cm³/mol. The molecule has 42 heavy (non-hydrogen) atoms. The quantitative estimate of drug-likeness (QED) is 0.218. The van der Waals surface area contributed by atoms with Gasteiger partial charge in [-0.3, -0.25) is 4.98 Å². The highest BCUT2D eigenvalue weighted by molar-refractivity contribution is 5.69. The van der Waals surface area contributed by atoms with Gasteiger partial charge in [0.2, 0.25) is 11.8 Å². The lowest BCUT2D eigenvalue weighted by atomic mass is 9.92. The summed E-state index contributed by atoms with van der Waals surface area (Å²) < 4.78 is 33.1. The number of pyridine rings is 2. The van der Waals surface area contributed by atoms with E-state index in [4.69, 9.17) is 14.2 Å². The zero-order valence-corrected chi connectivity index (χ0v) is 24.3. The minimum Gasteiger partial charge on any atom is -0.473 e. The normalized spacial score (nSPS) is 14.0. The number of likely N-dealkylation sites (tertiary alicyclic amines) is 1. The summed E-state index contributed by atoms with van der Waals surface area (Å²) in [5, 5.41) is 0. The molecule has 1 aliphatic heterocycles. The SMILES string of the molecule is CC(C)(C)OC(=O)N1CCC(c2ncc(-c3ccc(OCc4ccccc4)nc3OCc3ccccc3)cc2F)CC1. The smallest absolute Gasteiger partial charge is 0.410 e. The Morgan fingerprint density at radius 3 is 2.12 bits per heavy atom. The summed E-state index contributed by atoms with van der Waals surface area (Å²) in [5.41, 5.74) is 3.04. The highest BCUT2D eigenvalue weighted by atomic mass is 19.1. The minimum absolute atomic E-state index is 0.0848. The van der Waals surface area contributed by atoms with E-state index in [-0.39, 0.29) is 17.8 Å². The number of hydrogen-bond acceptors (Lipinski definition) is 6. The highest BCUT2D eigenvalue weighted by Gasteiger charge is 2.29. The van der Waals surface area contributed by atoms with Gasteiger partial charge in [0.15, 0.2) is 0 Å². The summed E-state index contributed by atoms with van der Waals surface area (Å²) in [5.74, 6) is 0.275. The van der Waals surface area contributed by atoms with E-state index in [2.05, 4.69) is 9.97 Å². The van der Waals surface area contributed by atoms with Crippen molar-refractivity contribution in [3.8, 4) is 22.9 Å². The van der Waals surface area contributed by atoms with Crippen LogP contribution < -0.4 is 9.47 Å². The van der Waals surface area contributed by atoms with Gasteiger partial charge in [0.1, 0.15) is 24.6 Å². The van der Waals surface area contributed by atoms with Crippen molar-refractivity contribution in [2.75, 3.05) is 13.1 Å². The Morgan fingerprint density at radius 2 is 1.52 bits per heavy atom. The van der Waals surface area contributed by atoms with Crippen LogP contribution in [0.5, 0.6) is 11.8 Å². The molecule has 1 saturated heterocycles. The molecule has 0 spiro atoms. The van der Waals surface area contributed by atoms with Crippen LogP contribution in [0.15, 0.2) is 85.1 Å². The van der Waals surface area contributed by atoms with E-state index in [1.165, 1.54) is 6.07 Å². The Labute approximate surface area is 246 Å². The molecule has 0 N–H and O–H groups in total. The fraction of sp³-hybridized carbons (Fsp3) is 0.324. The summed E-state index contributed by atoms with van der Waals surface area (Å²) in [6.07, 6.45) is 2.55. The third kappa shape index (κ3) is 7.63. The third-order valence-corrected chi connectivity index (χ3v) is 7.00. The van der Waals surface area contributed by atoms with Crippen LogP contribution in [0.25, 0.3) is 11.1 Å². The number of hydrogen-bond donors (Lipinski definition) is 0. The number of benzene rings is 2. The van der Waals surface area contributed by atoms with Gasteiger partial charge in [-0.25, -0.2) is 9.18 Å². The molecule has 7 nitrogen and oxygen atoms in total. The molecule has 0 unspecified atom stereocenters. The number of aromatic nitrogens is 2. The van der Waals surface area contributed by atoms with E-state index in [1.54, 1.807) is 17.2 Å². The first kappa shape index (κ1) is 29.0. The Bertz CT molecular complexity index is 1480. The maximum Gasteiger partial charge on any atom is 0.410 e. The monoisotopic (exact) mass is 569 g/mol. The molecule has 0 bridgehead atoms. The van der Waals surface area contributed by atoms with Gasteiger partial charge in [0.05, 0.1) is 5.69 Å². The van der Waals surface area contributed by atoms with Crippen molar-refractivity contribution in [1.82, 2.24) is 14.9 Å². The number of carbonyl (C=O) groups is 1. The van der Waals surface area contributed by atoms with E-state index in [0.717, 1.165) is 11.1 Å². The number of halogens is 1. The minimum atomic E-state index is -0.553. The van der Waals surface area contributed by atoms with Gasteiger partial charge >= 0.3 is 6.09 Å². The highest BCUT2D eigenvalue weighted by Crippen LogP contribution is 2.35. The molecule has 0 atom stereocenters. The molecule has 0 aliphatic carbocycles. The van der Waals surface area contributed by atoms with Crippen LogP contribution in [0.3, 0.4) is 0 Å². The van der Waals surface area contributed by atoms with Gasteiger partial charge in [-0.2, -0.15) is 4.98 Å². The molecule has 3 heterocycles. The molecule has 1 amide bonds. The summed E-state index contributed by atoms with van der Waals surface area (Å²) in [6.45, 7) is 7.19. The van der Waals surface area contributed by atoms with Crippen molar-refractivity contribution in [2.45, 2.75) is 58.3 Å². The number of carbonyl (C=O) groups excluding carboxylic acids is 1. The first-order valence-electron chi connectivity index (χ1n) is 14.2. The first-order chi connectivity index (χ1) is 20.2. The lowest BCUT2D eigenvalue weighted by Gasteiger charge is -2.33. The summed E-state index contributed by atoms with van der Waals surface area (Å²) >= 11 is 0. The number of amides is 1. The van der Waals surface area contributed by atoms with E-state index >= 15 is 4.39 Å². The standard InChI is InChI=1S/C34H36FN3O4/c1-34(2,3)42-33(39)38-18-16-26(17-19-38)31-29(35)20-27(21-36-31)28-14-15-30(40-22-24-10-6-4-7-11-24)37-32(28)41-23-25-12-8-5-9-13-25/h4-15,20-21,26H,16-19,22-23H2,1-3H3. The molecule has 5 rings (SSSR count). The van der Waals surface area contributed by atoms with E-state index in [9.17, 15) is 4.79 Å². The summed E-state index contributed by atoms with van der Waals surface area (Å²) in [7, 11) is 0. The summed E-state index contributed by atoms with van der Waals surface area (Å²) in [6, 6.07) is 24.7. The van der Waals surface area contributed by atoms with Crippen LogP contribution in [0.2, 0.25) is 0 Å². The molecule has 1 fully saturated rings. The second-order valence-corrected chi connectivity index (χ2v) is 11.4. The average Bonchev–Trinajstić information content (AvgIpc) is 2.99. The van der Waals surface area contributed by atoms with E-state index in [0.29, 0.717) is 67.7 Å². The second-order valence-electron chi connectivity index (χ2n) is 11.4. The largest absolute Gasteiger partial charge is 0.473 e. The maximum absolute atomic E-state index is 15.5. The third-order valence-electron chi connectivity index (χ3n) is 7.00. The molecule has 8 heteroatoms. The molecule has 4 aromatic rings. The van der Waals surface area contributed by atoms with Crippen LogP contribution in [0.4, 0.5) is 9.18 Å². The molecule has 0 saturated carbocycles. The summed E-state index contributed by atoms with van der Waals surface area (Å²) in [4.78, 5) is 23.3. The lowest BCUT2D eigenvalue weighted by Crippen LogP contribution is -2.41. The number of piperidine rings is 1. The van der Waals surface area contributed by atoms with Gasteiger partial charge in [-0.15, -0.1) is 0 Å². The van der Waals surface area contributed by atoms with Crippen LogP contribution in [0, 0.1) is 5.82 Å². The number of nitrogens with zero attached hydrogens (tertiary/aromatic N) is 3. The van der Waals surface area contributed by atoms with Crippen molar-refractivity contribution in [2.24, 2.45) is 0 Å². The molecule has 2 aromatic heterocycles. The first-order valence-corrected chi connectivity index (χ1v) is 14.2. The molecule has 2 aromatic carbocycles. The fourth-order valence-corrected chi connectivity index (χ4v) is 4.85. The van der Waals surface area contributed by atoms with Crippen molar-refractivity contribution in [1.29, 1.82) is 0 Å². The van der Waals surface area contributed by atoms with E-state index in [1.807, 2.05) is 87.5 Å². The zero-order chi connectivity index (χ0) is 29.5. The van der Waals surface area contributed by atoms with Crippen molar-refractivity contribution in [3.05, 3.63) is 108 Å². The van der Waals surface area contributed by atoms with Crippen LogP contribution in [-0.2, 0) is 18.0 Å². The Kier molecular flexibility index (Phi) is 9.00. The van der Waals surface area contributed by atoms with Gasteiger partial charge in [0.25, 0.3) is 0 Å². The van der Waals surface area contributed by atoms with Crippen LogP contribution in [0.1, 0.15) is 56.4 Å². The van der Waals surface area contributed by atoms with Gasteiger partial charge in [-0.05, 0) is 56.9 Å². The number of rotatable bonds is 8. The topological polar surface area (TPSA) is 73.8 Å². The van der Waals surface area contributed by atoms with E-state index < -0.39 is 5.60 Å². The fourth-order valence-electron chi connectivity index (χ4n) is 4.85. The second kappa shape index (κ2) is 13.0. The van der Waals surface area contributed by atoms with Crippen molar-refractivity contribution >= 4 is 6.09 Å². The zero-order valence-electron chi connectivity index (χ0n) is 24.3. The molecule has 0 radical (unpaired) electrons. The van der Waals surface area contributed by atoms with Gasteiger partial charge in [-0.1, -0.05) is 60.7 Å². The molecular formula is C34H36FN3O4. The average molecular weight is 570 g/mol. The maximum atomic E-state index is 15.5. The Morgan fingerprint density at radius 1 is 0.905 bits per heavy atom. The van der Waals surface area contributed by atoms with Gasteiger partial charge in [0, 0.05) is 42.4 Å². The predicted octanol–water partition coefficient (Wildman–Crippen LogP) is 7.56. The van der Waals surface area contributed by atoms with Crippen LogP contribution in [-0.4, -0.2) is 39.7 Å². The Balaban J connectivity index is 1.32. The van der Waals surface area contributed by atoms with Crippen LogP contribution >= 0.6 is 0 Å². The van der Waals surface area contributed by atoms with Crippen molar-refractivity contribution < 1.29 is 23.4 Å². The Hall–Kier alpha value is -4.46. The lowest BCUT2D eigenvalue weighted by molar-refractivity contribution is 0.0203.